The molecular formula is C10H16N2O3. The maximum Gasteiger partial charge on any atom is 0.326 e. The van der Waals surface area contributed by atoms with Crippen LogP contribution in [0.4, 0.5) is 4.79 Å². The fraction of sp³-hybridized carbons (Fsp3) is 0.800. The van der Waals surface area contributed by atoms with Crippen molar-refractivity contribution in [2.24, 2.45) is 0 Å². The Kier molecular flexibility index (Phi) is 2.90. The zero-order valence-electron chi connectivity index (χ0n) is 8.69. The van der Waals surface area contributed by atoms with E-state index in [1.54, 1.807) is 4.90 Å². The van der Waals surface area contributed by atoms with Gasteiger partial charge in [-0.3, -0.25) is 9.69 Å². The Labute approximate surface area is 88.6 Å². The Morgan fingerprint density at radius 3 is 2.73 bits per heavy atom. The van der Waals surface area contributed by atoms with Crippen LogP contribution in [-0.2, 0) is 4.79 Å². The molecule has 0 spiro atoms. The van der Waals surface area contributed by atoms with Gasteiger partial charge in [-0.1, -0.05) is 0 Å². The number of hydrogen-bond donors (Lipinski definition) is 1. The summed E-state index contributed by atoms with van der Waals surface area (Å²) in [6.45, 7) is 1.46. The van der Waals surface area contributed by atoms with Gasteiger partial charge in [0.25, 0.3) is 0 Å². The topological polar surface area (TPSA) is 60.9 Å². The van der Waals surface area contributed by atoms with E-state index in [2.05, 4.69) is 0 Å². The lowest BCUT2D eigenvalue weighted by atomic mass is 10.1. The number of imide groups is 1. The first-order chi connectivity index (χ1) is 7.18. The highest BCUT2D eigenvalue weighted by Gasteiger charge is 2.32. The molecule has 2 rings (SSSR count). The molecule has 84 valence electrons. The molecule has 0 bridgehead atoms. The third-order valence-electron chi connectivity index (χ3n) is 2.99. The second-order valence-electron chi connectivity index (χ2n) is 4.17. The number of hydrogen-bond acceptors (Lipinski definition) is 3. The van der Waals surface area contributed by atoms with Gasteiger partial charge in [-0.05, 0) is 19.3 Å². The van der Waals surface area contributed by atoms with Crippen molar-refractivity contribution < 1.29 is 14.7 Å². The van der Waals surface area contributed by atoms with Crippen LogP contribution in [0.5, 0.6) is 0 Å². The number of carbonyl (C=O) groups excluding carboxylic acids is 2. The van der Waals surface area contributed by atoms with Crippen LogP contribution < -0.4 is 0 Å². The number of urea groups is 1. The lowest BCUT2D eigenvalue weighted by Gasteiger charge is -2.29. The number of aliphatic hydroxyl groups is 1. The average Bonchev–Trinajstić information content (AvgIpc) is 2.65. The van der Waals surface area contributed by atoms with E-state index in [4.69, 9.17) is 0 Å². The Hall–Kier alpha value is -1.10. The lowest BCUT2D eigenvalue weighted by molar-refractivity contribution is -0.130. The van der Waals surface area contributed by atoms with Crippen LogP contribution in [0.25, 0.3) is 0 Å². The first-order valence-corrected chi connectivity index (χ1v) is 5.46. The summed E-state index contributed by atoms with van der Waals surface area (Å²) >= 11 is 0. The monoisotopic (exact) mass is 212 g/mol. The molecule has 1 N–H and O–H groups in total. The van der Waals surface area contributed by atoms with Gasteiger partial charge in [0.1, 0.15) is 0 Å². The van der Waals surface area contributed by atoms with Gasteiger partial charge in [0.05, 0.1) is 6.10 Å². The van der Waals surface area contributed by atoms with Crippen LogP contribution in [0.1, 0.15) is 25.7 Å². The van der Waals surface area contributed by atoms with Gasteiger partial charge in [0, 0.05) is 26.1 Å². The average molecular weight is 212 g/mol. The van der Waals surface area contributed by atoms with E-state index in [0.717, 1.165) is 12.8 Å². The molecular weight excluding hydrogens is 196 g/mol. The Morgan fingerprint density at radius 2 is 2.13 bits per heavy atom. The number of piperidine rings is 1. The molecule has 0 aromatic rings. The molecule has 15 heavy (non-hydrogen) atoms. The SMILES string of the molecule is O=C1CCCCN1C(=O)N1CCC(O)C1. The van der Waals surface area contributed by atoms with E-state index in [-0.39, 0.29) is 11.9 Å². The molecule has 0 radical (unpaired) electrons. The van der Waals surface area contributed by atoms with Crippen molar-refractivity contribution in [2.75, 3.05) is 19.6 Å². The summed E-state index contributed by atoms with van der Waals surface area (Å²) in [6, 6.07) is -0.226. The normalized spacial score (nSPS) is 27.3. The van der Waals surface area contributed by atoms with Crippen molar-refractivity contribution in [1.82, 2.24) is 9.80 Å². The van der Waals surface area contributed by atoms with Crippen molar-refractivity contribution in [1.29, 1.82) is 0 Å². The first-order valence-electron chi connectivity index (χ1n) is 5.46. The minimum atomic E-state index is -0.422. The quantitative estimate of drug-likeness (QED) is 0.623. The molecule has 2 aliphatic heterocycles. The molecule has 2 heterocycles. The second kappa shape index (κ2) is 4.18. The fourth-order valence-electron chi connectivity index (χ4n) is 2.09. The Balaban J connectivity index is 1.97. The van der Waals surface area contributed by atoms with Gasteiger partial charge in [0.15, 0.2) is 0 Å². The van der Waals surface area contributed by atoms with E-state index in [1.165, 1.54) is 4.90 Å². The maximum atomic E-state index is 11.9. The van der Waals surface area contributed by atoms with Crippen LogP contribution in [0.15, 0.2) is 0 Å². The molecule has 2 aliphatic rings. The highest BCUT2D eigenvalue weighted by Crippen LogP contribution is 2.16. The summed E-state index contributed by atoms with van der Waals surface area (Å²) in [5.41, 5.74) is 0. The molecule has 3 amide bonds. The molecule has 5 heteroatoms. The molecule has 1 atom stereocenters. The van der Waals surface area contributed by atoms with Crippen molar-refractivity contribution in [3.8, 4) is 0 Å². The number of nitrogens with zero attached hydrogens (tertiary/aromatic N) is 2. The van der Waals surface area contributed by atoms with Crippen molar-refractivity contribution in [3.63, 3.8) is 0 Å². The fourth-order valence-corrected chi connectivity index (χ4v) is 2.09. The Bertz CT molecular complexity index is 280. The first kappa shape index (κ1) is 10.4. The van der Waals surface area contributed by atoms with E-state index in [0.29, 0.717) is 32.5 Å². The summed E-state index contributed by atoms with van der Waals surface area (Å²) in [4.78, 5) is 26.3. The summed E-state index contributed by atoms with van der Waals surface area (Å²) < 4.78 is 0. The number of β-amino-alcohol motifs (C(OH)–C–C–N with tert-alkyl or cyclic N) is 1. The van der Waals surface area contributed by atoms with Crippen molar-refractivity contribution in [3.05, 3.63) is 0 Å². The summed E-state index contributed by atoms with van der Waals surface area (Å²) in [5.74, 6) is -0.0763. The molecule has 2 saturated heterocycles. The lowest BCUT2D eigenvalue weighted by Crippen LogP contribution is -2.47. The van der Waals surface area contributed by atoms with Crippen molar-refractivity contribution in [2.45, 2.75) is 31.8 Å². The van der Waals surface area contributed by atoms with E-state index in [9.17, 15) is 14.7 Å². The number of likely N-dealkylation sites (tertiary alicyclic amines) is 2. The zero-order chi connectivity index (χ0) is 10.8. The summed E-state index contributed by atoms with van der Waals surface area (Å²) in [7, 11) is 0. The highest BCUT2D eigenvalue weighted by molar-refractivity contribution is 5.95. The number of amides is 3. The van der Waals surface area contributed by atoms with E-state index < -0.39 is 6.10 Å². The zero-order valence-corrected chi connectivity index (χ0v) is 8.69. The molecule has 0 aromatic heterocycles. The number of aliphatic hydroxyl groups excluding tert-OH is 1. The number of rotatable bonds is 0. The van der Waals surface area contributed by atoms with Gasteiger partial charge in [-0.25, -0.2) is 4.79 Å². The Morgan fingerprint density at radius 1 is 1.33 bits per heavy atom. The van der Waals surface area contributed by atoms with Crippen LogP contribution in [-0.4, -0.2) is 52.6 Å². The number of carbonyl (C=O) groups is 2. The van der Waals surface area contributed by atoms with Crippen LogP contribution >= 0.6 is 0 Å². The van der Waals surface area contributed by atoms with Crippen molar-refractivity contribution >= 4 is 11.9 Å². The highest BCUT2D eigenvalue weighted by atomic mass is 16.3. The predicted molar refractivity (Wildman–Crippen MR) is 53.2 cm³/mol. The minimum Gasteiger partial charge on any atom is -0.391 e. The van der Waals surface area contributed by atoms with Crippen LogP contribution in [0, 0.1) is 0 Å². The minimum absolute atomic E-state index is 0.0763. The largest absolute Gasteiger partial charge is 0.391 e. The smallest absolute Gasteiger partial charge is 0.326 e. The molecule has 0 aromatic carbocycles. The van der Waals surface area contributed by atoms with Gasteiger partial charge < -0.3 is 10.0 Å². The van der Waals surface area contributed by atoms with Gasteiger partial charge in [-0.15, -0.1) is 0 Å². The van der Waals surface area contributed by atoms with Crippen LogP contribution in [0.3, 0.4) is 0 Å². The standard InChI is InChI=1S/C10H16N2O3/c13-8-4-6-11(7-8)10(15)12-5-2-1-3-9(12)14/h8,13H,1-7H2. The summed E-state index contributed by atoms with van der Waals surface area (Å²) in [5, 5.41) is 9.32. The van der Waals surface area contributed by atoms with Crippen LogP contribution in [0.2, 0.25) is 0 Å². The maximum absolute atomic E-state index is 11.9. The van der Waals surface area contributed by atoms with E-state index in [1.807, 2.05) is 0 Å². The molecule has 2 fully saturated rings. The third-order valence-corrected chi connectivity index (χ3v) is 2.99. The molecule has 0 aliphatic carbocycles. The molecule has 1 unspecified atom stereocenters. The second-order valence-corrected chi connectivity index (χ2v) is 4.17. The molecule has 0 saturated carbocycles. The van der Waals surface area contributed by atoms with Gasteiger partial charge >= 0.3 is 6.03 Å². The van der Waals surface area contributed by atoms with Gasteiger partial charge in [-0.2, -0.15) is 0 Å². The van der Waals surface area contributed by atoms with E-state index >= 15 is 0 Å². The third kappa shape index (κ3) is 2.12. The predicted octanol–water partition coefficient (Wildman–Crippen LogP) is 0.186. The van der Waals surface area contributed by atoms with Gasteiger partial charge in [0.2, 0.25) is 5.91 Å². The summed E-state index contributed by atoms with van der Waals surface area (Å²) in [6.07, 6.45) is 2.45. The molecule has 5 nitrogen and oxygen atoms in total.